The Balaban J connectivity index is 1.86. The molecular weight excluding hydrogens is 292 g/mol. The van der Waals surface area contributed by atoms with E-state index in [1.54, 1.807) is 18.2 Å². The molecule has 0 bridgehead atoms. The minimum atomic E-state index is -1.71. The van der Waals surface area contributed by atoms with Crippen molar-refractivity contribution in [2.75, 3.05) is 23.9 Å². The molecule has 1 unspecified atom stereocenters. The number of fused-ring (bicyclic) bond motifs is 1. The highest BCUT2D eigenvalue weighted by atomic mass is 32.3. The van der Waals surface area contributed by atoms with Crippen LogP contribution in [-0.2, 0) is 19.4 Å². The molecule has 1 saturated heterocycles. The van der Waals surface area contributed by atoms with Crippen LogP contribution in [-0.4, -0.2) is 30.4 Å². The van der Waals surface area contributed by atoms with Crippen molar-refractivity contribution < 1.29 is 18.8 Å². The zero-order valence-electron chi connectivity index (χ0n) is 12.2. The monoisotopic (exact) mass is 310 g/mol. The maximum absolute atomic E-state index is 12.4. The third kappa shape index (κ3) is 2.41. The van der Waals surface area contributed by atoms with Crippen molar-refractivity contribution in [3.8, 4) is 0 Å². The van der Waals surface area contributed by atoms with E-state index in [9.17, 15) is 9.59 Å². The summed E-state index contributed by atoms with van der Waals surface area (Å²) in [6.45, 7) is 4.18. The molecule has 0 aliphatic carbocycles. The molecular formula is C14H18N2O4S. The summed E-state index contributed by atoms with van der Waals surface area (Å²) < 4.78 is 8.06. The van der Waals surface area contributed by atoms with Gasteiger partial charge in [0, 0.05) is 23.3 Å². The smallest absolute Gasteiger partial charge is 0.261 e. The topological polar surface area (TPSA) is 76.7 Å². The first kappa shape index (κ1) is 14.4. The van der Waals surface area contributed by atoms with Gasteiger partial charge in [-0.25, -0.2) is 4.89 Å². The Morgan fingerprint density at radius 2 is 2.19 bits per heavy atom. The summed E-state index contributed by atoms with van der Waals surface area (Å²) in [6.07, 6.45) is 1.85. The summed E-state index contributed by atoms with van der Waals surface area (Å²) in [6, 6.07) is 5.23. The number of anilines is 1. The molecule has 0 radical (unpaired) electrons. The lowest BCUT2D eigenvalue weighted by atomic mass is 9.85. The van der Waals surface area contributed by atoms with Crippen LogP contribution in [0, 0.1) is 0 Å². The van der Waals surface area contributed by atoms with E-state index in [4.69, 9.17) is 9.22 Å². The van der Waals surface area contributed by atoms with Gasteiger partial charge in [0.1, 0.15) is 0 Å². The van der Waals surface area contributed by atoms with Crippen molar-refractivity contribution in [1.29, 1.82) is 0 Å². The SMILES string of the molecule is CC1(C)C(=O)Nc2ccc(C(=O)NS3(C)CCOO3)cc21. The fourth-order valence-electron chi connectivity index (χ4n) is 2.40. The summed E-state index contributed by atoms with van der Waals surface area (Å²) in [5.74, 6) is 0.408. The number of carbonyl (C=O) groups is 2. The molecule has 0 aromatic heterocycles. The van der Waals surface area contributed by atoms with Gasteiger partial charge in [0.05, 0.1) is 12.0 Å². The van der Waals surface area contributed by atoms with Gasteiger partial charge in [-0.15, -0.1) is 0 Å². The van der Waals surface area contributed by atoms with Crippen molar-refractivity contribution in [3.05, 3.63) is 29.3 Å². The van der Waals surface area contributed by atoms with E-state index in [2.05, 4.69) is 10.0 Å². The number of hydrogen-bond donors (Lipinski definition) is 2. The van der Waals surface area contributed by atoms with Crippen LogP contribution in [0.4, 0.5) is 5.69 Å². The lowest BCUT2D eigenvalue weighted by molar-refractivity contribution is -0.173. The summed E-state index contributed by atoms with van der Waals surface area (Å²) in [5.41, 5.74) is 1.49. The summed E-state index contributed by atoms with van der Waals surface area (Å²) >= 11 is 0. The highest BCUT2D eigenvalue weighted by Gasteiger charge is 2.39. The van der Waals surface area contributed by atoms with Gasteiger partial charge in [0.2, 0.25) is 5.91 Å². The molecule has 2 N–H and O–H groups in total. The quantitative estimate of drug-likeness (QED) is 0.818. The molecule has 3 rings (SSSR count). The van der Waals surface area contributed by atoms with Crippen LogP contribution in [0.15, 0.2) is 18.2 Å². The Hall–Kier alpha value is -1.57. The van der Waals surface area contributed by atoms with E-state index in [0.29, 0.717) is 17.9 Å². The molecule has 2 amide bonds. The molecule has 6 nitrogen and oxygen atoms in total. The Kier molecular flexibility index (Phi) is 3.23. The van der Waals surface area contributed by atoms with E-state index >= 15 is 0 Å². The number of hydrogen-bond acceptors (Lipinski definition) is 4. The van der Waals surface area contributed by atoms with E-state index in [0.717, 1.165) is 11.3 Å². The average molecular weight is 310 g/mol. The third-order valence-corrected chi connectivity index (χ3v) is 5.79. The second-order valence-corrected chi connectivity index (χ2v) is 8.63. The van der Waals surface area contributed by atoms with Crippen LogP contribution in [0.2, 0.25) is 0 Å². The van der Waals surface area contributed by atoms with Crippen molar-refractivity contribution in [2.24, 2.45) is 0 Å². The summed E-state index contributed by atoms with van der Waals surface area (Å²) in [5, 5.41) is 2.82. The van der Waals surface area contributed by atoms with E-state index in [-0.39, 0.29) is 11.8 Å². The Bertz CT molecular complexity index is 623. The minimum Gasteiger partial charge on any atom is -0.325 e. The van der Waals surface area contributed by atoms with Crippen LogP contribution in [0.1, 0.15) is 29.8 Å². The van der Waals surface area contributed by atoms with Crippen LogP contribution in [0.5, 0.6) is 0 Å². The molecule has 114 valence electrons. The minimum absolute atomic E-state index is 0.0554. The maximum Gasteiger partial charge on any atom is 0.261 e. The van der Waals surface area contributed by atoms with Crippen LogP contribution in [0.3, 0.4) is 0 Å². The lowest BCUT2D eigenvalue weighted by Gasteiger charge is -2.27. The Morgan fingerprint density at radius 1 is 1.43 bits per heavy atom. The van der Waals surface area contributed by atoms with Crippen molar-refractivity contribution in [3.63, 3.8) is 0 Å². The third-order valence-electron chi connectivity index (χ3n) is 3.83. The molecule has 2 aliphatic rings. The highest BCUT2D eigenvalue weighted by Crippen LogP contribution is 2.45. The van der Waals surface area contributed by atoms with E-state index < -0.39 is 15.9 Å². The number of rotatable bonds is 2. The van der Waals surface area contributed by atoms with E-state index in [1.165, 1.54) is 0 Å². The normalized spacial score (nSPS) is 29.4. The van der Waals surface area contributed by atoms with Crippen LogP contribution >= 0.6 is 10.5 Å². The molecule has 0 spiro atoms. The van der Waals surface area contributed by atoms with Crippen LogP contribution < -0.4 is 10.0 Å². The zero-order chi connectivity index (χ0) is 15.3. The van der Waals surface area contributed by atoms with Gasteiger partial charge < -0.3 is 5.32 Å². The fraction of sp³-hybridized carbons (Fsp3) is 0.429. The van der Waals surface area contributed by atoms with Gasteiger partial charge in [-0.1, -0.05) is 0 Å². The van der Waals surface area contributed by atoms with Crippen LogP contribution in [0.25, 0.3) is 0 Å². The predicted molar refractivity (Wildman–Crippen MR) is 81.0 cm³/mol. The van der Waals surface area contributed by atoms with Gasteiger partial charge in [-0.3, -0.25) is 14.3 Å². The van der Waals surface area contributed by atoms with Gasteiger partial charge in [0.15, 0.2) is 0 Å². The lowest BCUT2D eigenvalue weighted by Crippen LogP contribution is -2.29. The van der Waals surface area contributed by atoms with Gasteiger partial charge in [0.25, 0.3) is 5.91 Å². The zero-order valence-corrected chi connectivity index (χ0v) is 13.0. The second-order valence-electron chi connectivity index (χ2n) is 5.87. The first-order chi connectivity index (χ1) is 9.82. The largest absolute Gasteiger partial charge is 0.325 e. The molecule has 1 aromatic carbocycles. The average Bonchev–Trinajstić information content (AvgIpc) is 2.93. The van der Waals surface area contributed by atoms with Crippen molar-refractivity contribution >= 4 is 28.0 Å². The molecule has 0 saturated carbocycles. The van der Waals surface area contributed by atoms with Gasteiger partial charge in [-0.05, 0) is 48.1 Å². The number of amides is 2. The molecule has 1 aromatic rings. The molecule has 2 aliphatic heterocycles. The van der Waals surface area contributed by atoms with Crippen molar-refractivity contribution in [2.45, 2.75) is 19.3 Å². The van der Waals surface area contributed by atoms with E-state index in [1.807, 2.05) is 20.1 Å². The number of benzene rings is 1. The maximum atomic E-state index is 12.4. The Labute approximate surface area is 124 Å². The first-order valence-corrected chi connectivity index (χ1v) is 8.80. The molecule has 1 atom stereocenters. The number of nitrogens with one attached hydrogen (secondary N) is 2. The van der Waals surface area contributed by atoms with Gasteiger partial charge >= 0.3 is 0 Å². The molecule has 7 heteroatoms. The predicted octanol–water partition coefficient (Wildman–Crippen LogP) is 1.87. The standard InChI is InChI=1S/C14H18N2O4S/c1-14(2)10-8-9(4-5-11(10)15-13(14)18)12(17)16-21(3)7-6-19-20-21/h4-5,8H,6-7H2,1-3H3,(H,15,18)(H,16,17). The van der Waals surface area contributed by atoms with Crippen molar-refractivity contribution in [1.82, 2.24) is 4.72 Å². The second kappa shape index (κ2) is 4.72. The summed E-state index contributed by atoms with van der Waals surface area (Å²) in [4.78, 5) is 29.2. The number of carbonyl (C=O) groups excluding carboxylic acids is 2. The summed E-state index contributed by atoms with van der Waals surface area (Å²) in [7, 11) is -1.71. The molecule has 21 heavy (non-hydrogen) atoms. The molecule has 1 fully saturated rings. The molecule has 2 heterocycles. The Morgan fingerprint density at radius 3 is 2.86 bits per heavy atom. The fourth-order valence-corrected chi connectivity index (χ4v) is 3.78. The highest BCUT2D eigenvalue weighted by molar-refractivity contribution is 8.28. The van der Waals surface area contributed by atoms with Gasteiger partial charge in [-0.2, -0.15) is 4.33 Å². The first-order valence-electron chi connectivity index (χ1n) is 6.67.